The smallest absolute Gasteiger partial charge is 0.249 e. The number of hydrogen-bond donors (Lipinski definition) is 8. The Kier molecular flexibility index (Phi) is 46.1. The first-order valence-electron chi connectivity index (χ1n) is 29.9. The van der Waals surface area contributed by atoms with Gasteiger partial charge in [0, 0.05) is 0 Å². The Balaban J connectivity index is 2.28. The van der Waals surface area contributed by atoms with Gasteiger partial charge in [0.05, 0.1) is 25.4 Å². The van der Waals surface area contributed by atoms with Crippen LogP contribution in [0.1, 0.15) is 296 Å². The van der Waals surface area contributed by atoms with E-state index in [4.69, 9.17) is 9.47 Å². The van der Waals surface area contributed by atoms with Crippen LogP contribution in [0, 0.1) is 0 Å². The van der Waals surface area contributed by atoms with Crippen molar-refractivity contribution in [2.24, 2.45) is 0 Å². The summed E-state index contributed by atoms with van der Waals surface area (Å²) in [7, 11) is 0. The second kappa shape index (κ2) is 48.1. The summed E-state index contributed by atoms with van der Waals surface area (Å²) >= 11 is 0. The Morgan fingerprint density at radius 3 is 1.07 bits per heavy atom. The molecule has 0 aliphatic carbocycles. The quantitative estimate of drug-likeness (QED) is 0.0272. The molecule has 1 heterocycles. The molecule has 412 valence electrons. The molecule has 0 aromatic heterocycles. The van der Waals surface area contributed by atoms with Crippen LogP contribution in [0.25, 0.3) is 0 Å². The molecule has 1 saturated heterocycles. The Morgan fingerprint density at radius 2 is 0.754 bits per heavy atom. The molecule has 1 fully saturated rings. The van der Waals surface area contributed by atoms with Gasteiger partial charge in [0.2, 0.25) is 5.91 Å². The van der Waals surface area contributed by atoms with E-state index in [1.807, 2.05) is 0 Å². The summed E-state index contributed by atoms with van der Waals surface area (Å²) in [6.45, 7) is 3.50. The van der Waals surface area contributed by atoms with E-state index in [9.17, 15) is 40.5 Å². The van der Waals surface area contributed by atoms with Crippen molar-refractivity contribution in [2.75, 3.05) is 13.2 Å². The van der Waals surface area contributed by atoms with Crippen molar-refractivity contribution in [3.05, 3.63) is 0 Å². The fourth-order valence-electron chi connectivity index (χ4n) is 10.0. The largest absolute Gasteiger partial charge is 0.394 e. The molecule has 9 unspecified atom stereocenters. The standard InChI is InChI=1S/C58H115NO10/c1-3-5-7-9-11-13-15-17-19-21-23-24-25-26-28-29-31-33-35-37-39-41-43-45-50(61)53(63)49(48-68-58-56(66)55(65)54(64)52(47-60)69-58)59-57(67)51(62)46-44-42-40-38-36-34-32-30-27-22-20-18-16-14-12-10-8-6-4-2/h49-56,58,60-66H,3-48H2,1-2H3,(H,59,67). The molecule has 8 N–H and O–H groups in total. The van der Waals surface area contributed by atoms with Gasteiger partial charge in [-0.3, -0.25) is 4.79 Å². The fourth-order valence-corrected chi connectivity index (χ4v) is 10.0. The van der Waals surface area contributed by atoms with Crippen molar-refractivity contribution in [1.82, 2.24) is 5.32 Å². The fraction of sp³-hybridized carbons (Fsp3) is 0.983. The first kappa shape index (κ1) is 66.1. The summed E-state index contributed by atoms with van der Waals surface area (Å²) in [5.74, 6) is -0.689. The molecular formula is C58H115NO10. The number of rotatable bonds is 52. The molecule has 1 aliphatic rings. The first-order chi connectivity index (χ1) is 33.7. The SMILES string of the molecule is CCCCCCCCCCCCCCCCCCCCCCCCCC(O)C(O)C(COC1OC(CO)C(O)C(O)C1O)NC(=O)C(O)CCCCCCCCCCCCCCCCCCCCC. The molecule has 11 heteroatoms. The van der Waals surface area contributed by atoms with E-state index in [1.54, 1.807) is 0 Å². The summed E-state index contributed by atoms with van der Waals surface area (Å²) in [5.41, 5.74) is 0. The van der Waals surface area contributed by atoms with Gasteiger partial charge in [0.1, 0.15) is 36.6 Å². The van der Waals surface area contributed by atoms with Gasteiger partial charge in [0.25, 0.3) is 0 Å². The molecule has 0 aromatic rings. The molecule has 11 nitrogen and oxygen atoms in total. The Morgan fingerprint density at radius 1 is 0.449 bits per heavy atom. The van der Waals surface area contributed by atoms with Crippen LogP contribution >= 0.6 is 0 Å². The zero-order valence-corrected chi connectivity index (χ0v) is 45.1. The summed E-state index contributed by atoms with van der Waals surface area (Å²) in [6.07, 6.45) is 42.9. The topological polar surface area (TPSA) is 189 Å². The second-order valence-corrected chi connectivity index (χ2v) is 21.4. The lowest BCUT2D eigenvalue weighted by molar-refractivity contribution is -0.303. The van der Waals surface area contributed by atoms with Gasteiger partial charge in [-0.1, -0.05) is 284 Å². The number of aliphatic hydroxyl groups is 7. The maximum Gasteiger partial charge on any atom is 0.249 e. The van der Waals surface area contributed by atoms with E-state index in [1.165, 1.54) is 218 Å². The number of amides is 1. The minimum Gasteiger partial charge on any atom is -0.394 e. The van der Waals surface area contributed by atoms with Crippen LogP contribution in [0.15, 0.2) is 0 Å². The van der Waals surface area contributed by atoms with E-state index in [0.717, 1.165) is 38.5 Å². The highest BCUT2D eigenvalue weighted by molar-refractivity contribution is 5.80. The number of nitrogens with one attached hydrogen (secondary N) is 1. The van der Waals surface area contributed by atoms with Gasteiger partial charge >= 0.3 is 0 Å². The molecule has 0 spiro atoms. The number of unbranched alkanes of at least 4 members (excludes halogenated alkanes) is 40. The van der Waals surface area contributed by atoms with Crippen LogP contribution in [0.3, 0.4) is 0 Å². The van der Waals surface area contributed by atoms with Crippen molar-refractivity contribution in [3.8, 4) is 0 Å². The molecule has 9 atom stereocenters. The number of hydrogen-bond acceptors (Lipinski definition) is 10. The van der Waals surface area contributed by atoms with Crippen molar-refractivity contribution >= 4 is 5.91 Å². The van der Waals surface area contributed by atoms with Crippen molar-refractivity contribution in [2.45, 2.75) is 351 Å². The summed E-state index contributed by atoms with van der Waals surface area (Å²) < 4.78 is 11.2. The van der Waals surface area contributed by atoms with Gasteiger partial charge < -0.3 is 50.5 Å². The maximum atomic E-state index is 13.2. The normalized spacial score (nSPS) is 20.3. The van der Waals surface area contributed by atoms with Crippen molar-refractivity contribution in [1.29, 1.82) is 0 Å². The zero-order chi connectivity index (χ0) is 50.4. The highest BCUT2D eigenvalue weighted by atomic mass is 16.7. The van der Waals surface area contributed by atoms with E-state index in [0.29, 0.717) is 19.3 Å². The van der Waals surface area contributed by atoms with Gasteiger partial charge in [-0.25, -0.2) is 0 Å². The number of carbonyl (C=O) groups excluding carboxylic acids is 1. The first-order valence-corrected chi connectivity index (χ1v) is 29.9. The third-order valence-corrected chi connectivity index (χ3v) is 14.9. The van der Waals surface area contributed by atoms with Crippen molar-refractivity contribution < 1.29 is 50.0 Å². The molecule has 69 heavy (non-hydrogen) atoms. The minimum atomic E-state index is -1.66. The van der Waals surface area contributed by atoms with Crippen LogP contribution in [0.5, 0.6) is 0 Å². The molecular weight excluding hydrogens is 871 g/mol. The highest BCUT2D eigenvalue weighted by Crippen LogP contribution is 2.24. The summed E-state index contributed by atoms with van der Waals surface area (Å²) in [5, 5.41) is 76.2. The third kappa shape index (κ3) is 36.6. The third-order valence-electron chi connectivity index (χ3n) is 14.9. The van der Waals surface area contributed by atoms with E-state index in [-0.39, 0.29) is 6.42 Å². The molecule has 1 aliphatic heterocycles. The van der Waals surface area contributed by atoms with Gasteiger partial charge in [-0.05, 0) is 12.8 Å². The average Bonchev–Trinajstić information content (AvgIpc) is 3.35. The van der Waals surface area contributed by atoms with E-state index < -0.39 is 74.2 Å². The van der Waals surface area contributed by atoms with E-state index in [2.05, 4.69) is 19.2 Å². The van der Waals surface area contributed by atoms with E-state index >= 15 is 0 Å². The molecule has 1 rings (SSSR count). The van der Waals surface area contributed by atoms with Crippen LogP contribution in [0.4, 0.5) is 0 Å². The highest BCUT2D eigenvalue weighted by Gasteiger charge is 2.44. The Bertz CT molecular complexity index is 1090. The molecule has 0 radical (unpaired) electrons. The number of ether oxygens (including phenoxy) is 2. The van der Waals surface area contributed by atoms with Crippen LogP contribution < -0.4 is 5.32 Å². The molecule has 0 aromatic carbocycles. The van der Waals surface area contributed by atoms with Gasteiger partial charge in [0.15, 0.2) is 6.29 Å². The predicted octanol–water partition coefficient (Wildman–Crippen LogP) is 12.6. The molecule has 0 bridgehead atoms. The molecule has 0 saturated carbocycles. The number of carbonyl (C=O) groups is 1. The monoisotopic (exact) mass is 986 g/mol. The lowest BCUT2D eigenvalue weighted by atomic mass is 9.98. The molecule has 1 amide bonds. The lowest BCUT2D eigenvalue weighted by Gasteiger charge is -2.40. The van der Waals surface area contributed by atoms with Crippen molar-refractivity contribution in [3.63, 3.8) is 0 Å². The zero-order valence-electron chi connectivity index (χ0n) is 45.1. The van der Waals surface area contributed by atoms with Crippen LogP contribution in [0.2, 0.25) is 0 Å². The minimum absolute atomic E-state index is 0.267. The second-order valence-electron chi connectivity index (χ2n) is 21.4. The Labute approximate surface area is 424 Å². The van der Waals surface area contributed by atoms with Gasteiger partial charge in [-0.15, -0.1) is 0 Å². The maximum absolute atomic E-state index is 13.2. The predicted molar refractivity (Wildman–Crippen MR) is 284 cm³/mol. The average molecular weight is 987 g/mol. The van der Waals surface area contributed by atoms with Crippen LogP contribution in [-0.4, -0.2) is 110 Å². The van der Waals surface area contributed by atoms with Crippen LogP contribution in [-0.2, 0) is 14.3 Å². The lowest BCUT2D eigenvalue weighted by Crippen LogP contribution is -2.60. The number of aliphatic hydroxyl groups excluding tert-OH is 7. The Hall–Kier alpha value is -0.890. The van der Waals surface area contributed by atoms with Gasteiger partial charge in [-0.2, -0.15) is 0 Å². The summed E-state index contributed by atoms with van der Waals surface area (Å²) in [4.78, 5) is 13.2. The summed E-state index contributed by atoms with van der Waals surface area (Å²) in [6, 6.07) is -1.16.